The van der Waals surface area contributed by atoms with Crippen LogP contribution in [0.3, 0.4) is 0 Å². The number of hydrogen-bond donors (Lipinski definition) is 0. The quantitative estimate of drug-likeness (QED) is 0.542. The maximum Gasteiger partial charge on any atom is 0.272 e. The van der Waals surface area contributed by atoms with E-state index in [1.807, 2.05) is 58.2 Å². The van der Waals surface area contributed by atoms with E-state index in [1.165, 1.54) is 0 Å². The summed E-state index contributed by atoms with van der Waals surface area (Å²) in [5.74, 6) is 0.878. The Bertz CT molecular complexity index is 1140. The van der Waals surface area contributed by atoms with Gasteiger partial charge in [-0.1, -0.05) is 12.1 Å². The van der Waals surface area contributed by atoms with Gasteiger partial charge in [0.2, 0.25) is 0 Å². The second-order valence-corrected chi connectivity index (χ2v) is 7.24. The van der Waals surface area contributed by atoms with Gasteiger partial charge in [0.1, 0.15) is 5.69 Å². The number of nitrogens with zero attached hydrogens (tertiary/aromatic N) is 6. The molecule has 5 rings (SSSR count). The Labute approximate surface area is 168 Å². The van der Waals surface area contributed by atoms with E-state index in [2.05, 4.69) is 9.97 Å². The number of amides is 1. The Morgan fingerprint density at radius 2 is 2.00 bits per heavy atom. The molecule has 0 bridgehead atoms. The number of carbonyl (C=O) groups excluding carboxylic acids is 1. The first kappa shape index (κ1) is 17.5. The van der Waals surface area contributed by atoms with Gasteiger partial charge in [-0.3, -0.25) is 14.8 Å². The summed E-state index contributed by atoms with van der Waals surface area (Å²) < 4.78 is 1.82. The molecule has 29 heavy (non-hydrogen) atoms. The standard InChI is InChI=1S/C22H20N6O/c29-22(19-7-1-2-11-24-19)27-12-4-6-18(14-27)21-25-20-9-8-17(15-28(20)26-21)16-5-3-10-23-13-16/h1-3,5,7-11,13,15,18H,4,6,12,14H2. The minimum absolute atomic E-state index is 0.0297. The van der Waals surface area contributed by atoms with Gasteiger partial charge >= 0.3 is 0 Å². The highest BCUT2D eigenvalue weighted by atomic mass is 16.2. The van der Waals surface area contributed by atoms with Crippen LogP contribution in [0.4, 0.5) is 0 Å². The van der Waals surface area contributed by atoms with E-state index in [-0.39, 0.29) is 11.8 Å². The predicted octanol–water partition coefficient (Wildman–Crippen LogP) is 3.21. The molecule has 1 fully saturated rings. The van der Waals surface area contributed by atoms with Crippen LogP contribution in [0.1, 0.15) is 35.1 Å². The van der Waals surface area contributed by atoms with E-state index in [1.54, 1.807) is 18.5 Å². The molecule has 0 saturated carbocycles. The minimum Gasteiger partial charge on any atom is -0.337 e. The number of fused-ring (bicyclic) bond motifs is 1. The lowest BCUT2D eigenvalue weighted by molar-refractivity contribution is 0.0698. The molecule has 0 spiro atoms. The largest absolute Gasteiger partial charge is 0.337 e. The molecule has 7 nitrogen and oxygen atoms in total. The van der Waals surface area contributed by atoms with E-state index >= 15 is 0 Å². The highest BCUT2D eigenvalue weighted by Crippen LogP contribution is 2.26. The van der Waals surface area contributed by atoms with Crippen LogP contribution in [-0.4, -0.2) is 48.5 Å². The third kappa shape index (κ3) is 3.47. The molecular weight excluding hydrogens is 364 g/mol. The molecule has 0 radical (unpaired) electrons. The van der Waals surface area contributed by atoms with Gasteiger partial charge in [0.25, 0.3) is 5.91 Å². The molecule has 1 aliphatic heterocycles. The minimum atomic E-state index is -0.0297. The molecule has 4 aromatic heterocycles. The fraction of sp³-hybridized carbons (Fsp3) is 0.227. The molecule has 1 unspecified atom stereocenters. The molecule has 0 N–H and O–H groups in total. The Balaban J connectivity index is 1.39. The fourth-order valence-corrected chi connectivity index (χ4v) is 3.80. The molecule has 5 heterocycles. The van der Waals surface area contributed by atoms with Crippen LogP contribution in [-0.2, 0) is 0 Å². The number of hydrogen-bond acceptors (Lipinski definition) is 5. The van der Waals surface area contributed by atoms with Crippen molar-refractivity contribution in [3.05, 3.63) is 78.8 Å². The molecule has 4 aromatic rings. The van der Waals surface area contributed by atoms with Crippen LogP contribution in [0.25, 0.3) is 16.8 Å². The summed E-state index contributed by atoms with van der Waals surface area (Å²) in [6.45, 7) is 1.35. The summed E-state index contributed by atoms with van der Waals surface area (Å²) in [5.41, 5.74) is 3.37. The number of rotatable bonds is 3. The van der Waals surface area contributed by atoms with Crippen molar-refractivity contribution in [2.24, 2.45) is 0 Å². The van der Waals surface area contributed by atoms with Crippen molar-refractivity contribution in [2.75, 3.05) is 13.1 Å². The lowest BCUT2D eigenvalue weighted by atomic mass is 9.97. The van der Waals surface area contributed by atoms with Crippen LogP contribution in [0.15, 0.2) is 67.3 Å². The van der Waals surface area contributed by atoms with Crippen molar-refractivity contribution in [3.8, 4) is 11.1 Å². The Hall–Kier alpha value is -3.61. The van der Waals surface area contributed by atoms with Crippen molar-refractivity contribution < 1.29 is 4.79 Å². The maximum absolute atomic E-state index is 12.8. The van der Waals surface area contributed by atoms with Crippen LogP contribution in [0.5, 0.6) is 0 Å². The predicted molar refractivity (Wildman–Crippen MR) is 108 cm³/mol. The topological polar surface area (TPSA) is 76.3 Å². The number of piperidine rings is 1. The van der Waals surface area contributed by atoms with Crippen LogP contribution in [0.2, 0.25) is 0 Å². The van der Waals surface area contributed by atoms with E-state index in [9.17, 15) is 4.79 Å². The third-order valence-electron chi connectivity index (χ3n) is 5.30. The van der Waals surface area contributed by atoms with Crippen molar-refractivity contribution in [1.82, 2.24) is 29.5 Å². The molecule has 0 aliphatic carbocycles. The highest BCUT2D eigenvalue weighted by molar-refractivity contribution is 5.92. The van der Waals surface area contributed by atoms with Gasteiger partial charge in [-0.25, -0.2) is 9.50 Å². The zero-order valence-corrected chi connectivity index (χ0v) is 15.8. The Morgan fingerprint density at radius 3 is 2.83 bits per heavy atom. The maximum atomic E-state index is 12.8. The van der Waals surface area contributed by atoms with Gasteiger partial charge in [-0.05, 0) is 43.2 Å². The Morgan fingerprint density at radius 1 is 1.03 bits per heavy atom. The van der Waals surface area contributed by atoms with Gasteiger partial charge in [0, 0.05) is 54.9 Å². The normalized spacial score (nSPS) is 16.8. The summed E-state index contributed by atoms with van der Waals surface area (Å²) in [5, 5.41) is 4.72. The second-order valence-electron chi connectivity index (χ2n) is 7.24. The summed E-state index contributed by atoms with van der Waals surface area (Å²) in [7, 11) is 0. The molecule has 1 saturated heterocycles. The third-order valence-corrected chi connectivity index (χ3v) is 5.30. The second kappa shape index (κ2) is 7.43. The monoisotopic (exact) mass is 384 g/mol. The summed E-state index contributed by atoms with van der Waals surface area (Å²) >= 11 is 0. The van der Waals surface area contributed by atoms with Crippen LogP contribution in [0, 0.1) is 0 Å². The number of pyridine rings is 3. The van der Waals surface area contributed by atoms with Gasteiger partial charge in [-0.15, -0.1) is 0 Å². The number of likely N-dealkylation sites (tertiary alicyclic amines) is 1. The van der Waals surface area contributed by atoms with Gasteiger partial charge < -0.3 is 4.90 Å². The van der Waals surface area contributed by atoms with Crippen molar-refractivity contribution >= 4 is 11.6 Å². The zero-order valence-electron chi connectivity index (χ0n) is 15.8. The Kier molecular flexibility index (Phi) is 4.48. The van der Waals surface area contributed by atoms with Crippen molar-refractivity contribution in [3.63, 3.8) is 0 Å². The van der Waals surface area contributed by atoms with E-state index in [0.29, 0.717) is 12.2 Å². The molecule has 144 valence electrons. The summed E-state index contributed by atoms with van der Waals surface area (Å²) in [4.78, 5) is 27.7. The molecule has 0 aromatic carbocycles. The number of carbonyl (C=O) groups is 1. The smallest absolute Gasteiger partial charge is 0.272 e. The lowest BCUT2D eigenvalue weighted by Crippen LogP contribution is -2.39. The first-order chi connectivity index (χ1) is 14.3. The van der Waals surface area contributed by atoms with E-state index in [0.717, 1.165) is 42.0 Å². The lowest BCUT2D eigenvalue weighted by Gasteiger charge is -2.31. The highest BCUT2D eigenvalue weighted by Gasteiger charge is 2.28. The average Bonchev–Trinajstić information content (AvgIpc) is 3.23. The van der Waals surface area contributed by atoms with Gasteiger partial charge in [-0.2, -0.15) is 5.10 Å². The van der Waals surface area contributed by atoms with Gasteiger partial charge in [0.05, 0.1) is 0 Å². The van der Waals surface area contributed by atoms with Gasteiger partial charge in [0.15, 0.2) is 11.5 Å². The number of aromatic nitrogens is 5. The molecular formula is C22H20N6O. The van der Waals surface area contributed by atoms with Crippen molar-refractivity contribution in [1.29, 1.82) is 0 Å². The zero-order chi connectivity index (χ0) is 19.6. The SMILES string of the molecule is O=C(c1ccccn1)N1CCCC(c2nc3ccc(-c4cccnc4)cn3n2)C1. The average molecular weight is 384 g/mol. The first-order valence-electron chi connectivity index (χ1n) is 9.75. The first-order valence-corrected chi connectivity index (χ1v) is 9.75. The molecule has 1 aliphatic rings. The molecule has 1 atom stereocenters. The summed E-state index contributed by atoms with van der Waals surface area (Å²) in [6, 6.07) is 13.4. The molecule has 7 heteroatoms. The van der Waals surface area contributed by atoms with E-state index < -0.39 is 0 Å². The van der Waals surface area contributed by atoms with Crippen LogP contribution >= 0.6 is 0 Å². The van der Waals surface area contributed by atoms with Crippen LogP contribution < -0.4 is 0 Å². The van der Waals surface area contributed by atoms with E-state index in [4.69, 9.17) is 10.1 Å². The fourth-order valence-electron chi connectivity index (χ4n) is 3.80. The molecule has 1 amide bonds. The van der Waals surface area contributed by atoms with Crippen molar-refractivity contribution in [2.45, 2.75) is 18.8 Å². The summed E-state index contributed by atoms with van der Waals surface area (Å²) in [6.07, 6.45) is 9.12.